The molecule has 0 unspecified atom stereocenters. The van der Waals surface area contributed by atoms with Crippen LogP contribution in [0.5, 0.6) is 0 Å². The molecule has 1 aromatic carbocycles. The Morgan fingerprint density at radius 1 is 0.905 bits per heavy atom. The Kier molecular flexibility index (Phi) is 2.22. The lowest BCUT2D eigenvalue weighted by Crippen LogP contribution is -1.90. The van der Waals surface area contributed by atoms with E-state index in [4.69, 9.17) is 13.1 Å². The van der Waals surface area contributed by atoms with Crippen molar-refractivity contribution in [3.05, 3.63) is 71.6 Å². The second-order valence-electron chi connectivity index (χ2n) is 4.74. The van der Waals surface area contributed by atoms with Gasteiger partial charge in [0, 0.05) is 23.3 Å². The molecule has 0 aliphatic rings. The van der Waals surface area contributed by atoms with Crippen molar-refractivity contribution in [2.45, 2.75) is 0 Å². The Morgan fingerprint density at radius 3 is 2.52 bits per heavy atom. The fourth-order valence-electron chi connectivity index (χ4n) is 2.77. The van der Waals surface area contributed by atoms with E-state index in [0.29, 0.717) is 11.4 Å². The lowest BCUT2D eigenvalue weighted by Gasteiger charge is -2.09. The van der Waals surface area contributed by atoms with Crippen molar-refractivity contribution in [3.8, 4) is 0 Å². The molecule has 0 atom stereocenters. The maximum absolute atomic E-state index is 7.26. The molecule has 0 saturated heterocycles. The normalized spacial score (nSPS) is 10.8. The van der Waals surface area contributed by atoms with Crippen molar-refractivity contribution in [2.24, 2.45) is 0 Å². The predicted octanol–water partition coefficient (Wildman–Crippen LogP) is 4.74. The van der Waals surface area contributed by atoms with Gasteiger partial charge in [-0.05, 0) is 29.7 Å². The second-order valence-corrected chi connectivity index (χ2v) is 4.74. The minimum atomic E-state index is 0.383. The van der Waals surface area contributed by atoms with Crippen LogP contribution in [0, 0.1) is 13.1 Å². The maximum atomic E-state index is 7.26. The molecule has 0 aliphatic carbocycles. The monoisotopic (exact) mass is 268 g/mol. The molecule has 0 spiro atoms. The molecule has 3 aromatic heterocycles. The van der Waals surface area contributed by atoms with Gasteiger partial charge in [0.2, 0.25) is 0 Å². The van der Waals surface area contributed by atoms with E-state index in [2.05, 4.69) is 14.7 Å². The van der Waals surface area contributed by atoms with Crippen LogP contribution >= 0.6 is 0 Å². The Balaban J connectivity index is 2.38. The minimum Gasteiger partial charge on any atom is -0.316 e. The molecule has 0 N–H and O–H groups in total. The first-order valence-corrected chi connectivity index (χ1v) is 6.40. The van der Waals surface area contributed by atoms with Gasteiger partial charge in [0.05, 0.1) is 24.2 Å². The van der Waals surface area contributed by atoms with E-state index in [9.17, 15) is 0 Å². The van der Waals surface area contributed by atoms with Crippen molar-refractivity contribution < 1.29 is 0 Å². The molecule has 0 fully saturated rings. The number of hydrogen-bond donors (Lipinski definition) is 0. The highest BCUT2D eigenvalue weighted by Crippen LogP contribution is 2.37. The SMILES string of the molecule is [C-]#[N+]c1cc2c3cccnc3c3cccn3c2cc1[N+]#[C-]. The van der Waals surface area contributed by atoms with Crippen molar-refractivity contribution in [3.63, 3.8) is 0 Å². The number of rotatable bonds is 0. The zero-order valence-corrected chi connectivity index (χ0v) is 10.9. The van der Waals surface area contributed by atoms with Gasteiger partial charge in [0.25, 0.3) is 0 Å². The van der Waals surface area contributed by atoms with Crippen LogP contribution in [-0.2, 0) is 0 Å². The zero-order valence-electron chi connectivity index (χ0n) is 10.9. The summed E-state index contributed by atoms with van der Waals surface area (Å²) >= 11 is 0. The molecule has 3 heterocycles. The highest BCUT2D eigenvalue weighted by atomic mass is 14.9. The van der Waals surface area contributed by atoms with E-state index in [1.54, 1.807) is 18.3 Å². The number of hydrogen-bond acceptors (Lipinski definition) is 1. The van der Waals surface area contributed by atoms with E-state index in [1.165, 1.54) is 0 Å². The lowest BCUT2D eigenvalue weighted by atomic mass is 10.1. The minimum absolute atomic E-state index is 0.383. The molecule has 0 amide bonds. The van der Waals surface area contributed by atoms with Crippen LogP contribution in [0.3, 0.4) is 0 Å². The van der Waals surface area contributed by atoms with Gasteiger partial charge in [0.15, 0.2) is 11.4 Å². The van der Waals surface area contributed by atoms with Gasteiger partial charge < -0.3 is 4.40 Å². The van der Waals surface area contributed by atoms with Crippen LogP contribution in [0.4, 0.5) is 11.4 Å². The molecule has 0 aliphatic heterocycles. The van der Waals surface area contributed by atoms with Gasteiger partial charge >= 0.3 is 0 Å². The highest BCUT2D eigenvalue weighted by molar-refractivity contribution is 6.12. The summed E-state index contributed by atoms with van der Waals surface area (Å²) in [6.07, 6.45) is 3.72. The molecule has 0 bridgehead atoms. The topological polar surface area (TPSA) is 26.0 Å². The van der Waals surface area contributed by atoms with Gasteiger partial charge in [-0.3, -0.25) is 14.7 Å². The molecule has 4 nitrogen and oxygen atoms in total. The van der Waals surface area contributed by atoms with Gasteiger partial charge in [-0.25, -0.2) is 0 Å². The quantitative estimate of drug-likeness (QED) is 0.334. The molecule has 4 heteroatoms. The third-order valence-electron chi connectivity index (χ3n) is 3.68. The predicted molar refractivity (Wildman–Crippen MR) is 82.7 cm³/mol. The van der Waals surface area contributed by atoms with Gasteiger partial charge in [-0.2, -0.15) is 0 Å². The number of aromatic nitrogens is 2. The van der Waals surface area contributed by atoms with Crippen LogP contribution in [-0.4, -0.2) is 9.38 Å². The summed E-state index contributed by atoms with van der Waals surface area (Å²) < 4.78 is 2.02. The number of fused-ring (bicyclic) bond motifs is 6. The fourth-order valence-corrected chi connectivity index (χ4v) is 2.77. The molecule has 4 rings (SSSR count). The Bertz CT molecular complexity index is 1110. The highest BCUT2D eigenvalue weighted by Gasteiger charge is 2.12. The summed E-state index contributed by atoms with van der Waals surface area (Å²) in [7, 11) is 0. The average molecular weight is 268 g/mol. The van der Waals surface area contributed by atoms with E-state index in [-0.39, 0.29) is 0 Å². The van der Waals surface area contributed by atoms with E-state index >= 15 is 0 Å². The van der Waals surface area contributed by atoms with Crippen molar-refractivity contribution in [2.75, 3.05) is 0 Å². The first-order valence-electron chi connectivity index (χ1n) is 6.40. The molecule has 21 heavy (non-hydrogen) atoms. The average Bonchev–Trinajstić information content (AvgIpc) is 3.03. The Morgan fingerprint density at radius 2 is 1.71 bits per heavy atom. The van der Waals surface area contributed by atoms with Gasteiger partial charge in [-0.1, -0.05) is 12.1 Å². The van der Waals surface area contributed by atoms with Crippen molar-refractivity contribution in [1.29, 1.82) is 0 Å². The van der Waals surface area contributed by atoms with Crippen LogP contribution in [0.15, 0.2) is 48.8 Å². The van der Waals surface area contributed by atoms with E-state index < -0.39 is 0 Å². The summed E-state index contributed by atoms with van der Waals surface area (Å²) in [4.78, 5) is 11.4. The molecule has 96 valence electrons. The first kappa shape index (κ1) is 11.5. The third-order valence-corrected chi connectivity index (χ3v) is 3.68. The van der Waals surface area contributed by atoms with Crippen molar-refractivity contribution in [1.82, 2.24) is 9.38 Å². The summed E-state index contributed by atoms with van der Waals surface area (Å²) in [5.74, 6) is 0. The summed E-state index contributed by atoms with van der Waals surface area (Å²) in [5.41, 5.74) is 3.60. The smallest absolute Gasteiger partial charge is 0.196 e. The molecular formula is C17H8N4. The Labute approximate surface area is 120 Å². The maximum Gasteiger partial charge on any atom is 0.196 e. The molecular weight excluding hydrogens is 260 g/mol. The third kappa shape index (κ3) is 1.45. The van der Waals surface area contributed by atoms with Crippen LogP contribution < -0.4 is 0 Å². The molecule has 0 radical (unpaired) electrons. The van der Waals surface area contributed by atoms with E-state index in [0.717, 1.165) is 27.3 Å². The van der Waals surface area contributed by atoms with Gasteiger partial charge in [-0.15, -0.1) is 0 Å². The number of nitrogens with zero attached hydrogens (tertiary/aromatic N) is 4. The standard InChI is InChI=1S/C17H8N4/c1-18-13-9-12-11-5-3-7-20-17(11)15-6-4-8-21(15)16(12)10-14(13)19-2/h3-10H. The second kappa shape index (κ2) is 4.06. The van der Waals surface area contributed by atoms with E-state index in [1.807, 2.05) is 34.9 Å². The summed E-state index contributed by atoms with van der Waals surface area (Å²) in [6, 6.07) is 11.4. The van der Waals surface area contributed by atoms with Crippen LogP contribution in [0.1, 0.15) is 0 Å². The van der Waals surface area contributed by atoms with Crippen molar-refractivity contribution >= 4 is 38.7 Å². The summed E-state index contributed by atoms with van der Waals surface area (Å²) in [5, 5.41) is 1.94. The van der Waals surface area contributed by atoms with Crippen LogP contribution in [0.25, 0.3) is 37.0 Å². The first-order chi connectivity index (χ1) is 10.3. The van der Waals surface area contributed by atoms with Gasteiger partial charge in [0.1, 0.15) is 0 Å². The summed E-state index contributed by atoms with van der Waals surface area (Å²) in [6.45, 7) is 14.5. The van der Waals surface area contributed by atoms with Crippen LogP contribution in [0.2, 0.25) is 0 Å². The largest absolute Gasteiger partial charge is 0.316 e. The Hall–Kier alpha value is -3.37. The fraction of sp³-hybridized carbons (Fsp3) is 0. The zero-order chi connectivity index (χ0) is 14.4. The molecule has 0 saturated carbocycles. The number of benzene rings is 1. The number of pyridine rings is 2. The lowest BCUT2D eigenvalue weighted by molar-refractivity contribution is 1.27. The molecule has 4 aromatic rings.